The fourth-order valence-corrected chi connectivity index (χ4v) is 3.69. The predicted octanol–water partition coefficient (Wildman–Crippen LogP) is 3.47. The smallest absolute Gasteiger partial charge is 0.248 e. The highest BCUT2D eigenvalue weighted by Gasteiger charge is 2.46. The molecule has 0 fully saturated rings. The van der Waals surface area contributed by atoms with E-state index in [0.29, 0.717) is 16.5 Å². The first kappa shape index (κ1) is 13.6. The number of halogens is 1. The lowest BCUT2D eigenvalue weighted by Gasteiger charge is -2.27. The van der Waals surface area contributed by atoms with Gasteiger partial charge in [0.2, 0.25) is 5.95 Å². The summed E-state index contributed by atoms with van der Waals surface area (Å²) in [5, 5.41) is 4.96. The summed E-state index contributed by atoms with van der Waals surface area (Å²) in [6.07, 6.45) is 1.47. The first-order chi connectivity index (χ1) is 11.7. The summed E-state index contributed by atoms with van der Waals surface area (Å²) in [5.74, 6) is 0.203. The van der Waals surface area contributed by atoms with Crippen LogP contribution in [-0.2, 0) is 0 Å². The van der Waals surface area contributed by atoms with Crippen LogP contribution in [0.5, 0.6) is 0 Å². The quantitative estimate of drug-likeness (QED) is 0.684. The predicted molar refractivity (Wildman–Crippen MR) is 90.1 cm³/mol. The topological polar surface area (TPSA) is 60.1 Å². The zero-order valence-corrected chi connectivity index (χ0v) is 13.2. The van der Waals surface area contributed by atoms with E-state index in [-0.39, 0.29) is 11.8 Å². The molecule has 1 aromatic heterocycles. The Balaban J connectivity index is 1.76. The molecule has 2 aliphatic rings. The Morgan fingerprint density at radius 2 is 1.75 bits per heavy atom. The fourth-order valence-electron chi connectivity index (χ4n) is 3.57. The van der Waals surface area contributed by atoms with Crippen LogP contribution in [0.2, 0.25) is 5.02 Å². The molecule has 0 amide bonds. The van der Waals surface area contributed by atoms with Gasteiger partial charge in [0, 0.05) is 16.1 Å². The minimum atomic E-state index is -0.391. The van der Waals surface area contributed by atoms with Crippen LogP contribution in [0.25, 0.3) is 0 Å². The maximum atomic E-state index is 13.0. The normalized spacial score (nSPS) is 21.0. The summed E-state index contributed by atoms with van der Waals surface area (Å²) >= 11 is 6.02. The van der Waals surface area contributed by atoms with Gasteiger partial charge in [0.25, 0.3) is 0 Å². The monoisotopic (exact) mass is 334 g/mol. The Morgan fingerprint density at radius 1 is 1.00 bits per heavy atom. The number of aliphatic imine (C=N–C) groups is 1. The highest BCUT2D eigenvalue weighted by molar-refractivity contribution is 6.30. The van der Waals surface area contributed by atoms with E-state index in [9.17, 15) is 4.79 Å². The van der Waals surface area contributed by atoms with Gasteiger partial charge in [-0.2, -0.15) is 10.1 Å². The Kier molecular flexibility index (Phi) is 2.76. The number of Topliss-reactive ketones (excluding diaryl/α,β-unsaturated/α-hetero) is 1. The van der Waals surface area contributed by atoms with Gasteiger partial charge in [-0.05, 0) is 17.7 Å². The van der Waals surface area contributed by atoms with Crippen LogP contribution >= 0.6 is 11.6 Å². The molecule has 2 aromatic carbocycles. The van der Waals surface area contributed by atoms with Gasteiger partial charge >= 0.3 is 0 Å². The highest BCUT2D eigenvalue weighted by Crippen LogP contribution is 2.42. The molecular formula is C18H11ClN4O. The summed E-state index contributed by atoms with van der Waals surface area (Å²) in [7, 11) is 0. The van der Waals surface area contributed by atoms with Crippen molar-refractivity contribution in [3.05, 3.63) is 76.6 Å². The van der Waals surface area contributed by atoms with Gasteiger partial charge in [-0.15, -0.1) is 0 Å². The second-order valence-corrected chi connectivity index (χ2v) is 6.32. The molecule has 3 aromatic rings. The van der Waals surface area contributed by atoms with E-state index in [1.54, 1.807) is 4.68 Å². The van der Waals surface area contributed by atoms with Crippen LogP contribution in [0, 0.1) is 5.92 Å². The lowest BCUT2D eigenvalue weighted by Crippen LogP contribution is -2.32. The number of carbonyl (C=O) groups is 1. The molecular weight excluding hydrogens is 324 g/mol. The molecule has 0 saturated carbocycles. The first-order valence-electron chi connectivity index (χ1n) is 7.61. The molecule has 0 spiro atoms. The van der Waals surface area contributed by atoms with E-state index in [2.05, 4.69) is 15.1 Å². The number of nitrogens with zero attached hydrogens (tertiary/aromatic N) is 4. The minimum absolute atomic E-state index is 0.0745. The van der Waals surface area contributed by atoms with E-state index in [1.807, 2.05) is 48.5 Å². The molecule has 1 aliphatic carbocycles. The van der Waals surface area contributed by atoms with E-state index in [0.717, 1.165) is 16.8 Å². The van der Waals surface area contributed by atoms with Crippen LogP contribution in [0.1, 0.15) is 27.5 Å². The van der Waals surface area contributed by atoms with Crippen molar-refractivity contribution in [2.24, 2.45) is 10.9 Å². The molecule has 0 saturated heterocycles. The van der Waals surface area contributed by atoms with Crippen LogP contribution in [-0.4, -0.2) is 26.3 Å². The lowest BCUT2D eigenvalue weighted by molar-refractivity contribution is 0.0938. The Bertz CT molecular complexity index is 1010. The van der Waals surface area contributed by atoms with Crippen LogP contribution in [0.4, 0.5) is 5.95 Å². The van der Waals surface area contributed by atoms with E-state index < -0.39 is 5.92 Å². The maximum Gasteiger partial charge on any atom is 0.248 e. The van der Waals surface area contributed by atoms with Gasteiger partial charge in [0.05, 0.1) is 17.7 Å². The van der Waals surface area contributed by atoms with Gasteiger partial charge < -0.3 is 0 Å². The van der Waals surface area contributed by atoms with Crippen molar-refractivity contribution >= 4 is 29.0 Å². The number of ketones is 1. The Morgan fingerprint density at radius 3 is 2.54 bits per heavy atom. The zero-order valence-electron chi connectivity index (χ0n) is 12.4. The van der Waals surface area contributed by atoms with Crippen molar-refractivity contribution in [3.8, 4) is 0 Å². The Hall–Kier alpha value is -2.79. The third-order valence-corrected chi connectivity index (χ3v) is 4.86. The summed E-state index contributed by atoms with van der Waals surface area (Å²) in [4.78, 5) is 21.9. The summed E-state index contributed by atoms with van der Waals surface area (Å²) in [5.41, 5.74) is 3.34. The zero-order chi connectivity index (χ0) is 16.3. The van der Waals surface area contributed by atoms with Crippen molar-refractivity contribution in [3.63, 3.8) is 0 Å². The van der Waals surface area contributed by atoms with Crippen molar-refractivity contribution in [2.45, 2.75) is 6.04 Å². The van der Waals surface area contributed by atoms with Crippen molar-refractivity contribution < 1.29 is 4.79 Å². The lowest BCUT2D eigenvalue weighted by atomic mass is 9.87. The van der Waals surface area contributed by atoms with Crippen LogP contribution in [0.3, 0.4) is 0 Å². The maximum absolute atomic E-state index is 13.0. The molecule has 2 heterocycles. The number of fused-ring (bicyclic) bond motifs is 4. The molecule has 0 radical (unpaired) electrons. The highest BCUT2D eigenvalue weighted by atomic mass is 35.5. The third-order valence-electron chi connectivity index (χ3n) is 4.61. The van der Waals surface area contributed by atoms with Crippen LogP contribution < -0.4 is 0 Å². The molecule has 1 unspecified atom stereocenters. The molecule has 1 aliphatic heterocycles. The molecule has 2 atom stereocenters. The molecule has 0 bridgehead atoms. The first-order valence-corrected chi connectivity index (χ1v) is 7.99. The average Bonchev–Trinajstić information content (AvgIpc) is 3.18. The molecule has 116 valence electrons. The van der Waals surface area contributed by atoms with E-state index >= 15 is 0 Å². The largest absolute Gasteiger partial charge is 0.293 e. The third kappa shape index (κ3) is 1.76. The number of carbonyl (C=O) groups excluding carboxylic acids is 1. The van der Waals surface area contributed by atoms with Crippen molar-refractivity contribution in [1.29, 1.82) is 0 Å². The number of hydrogen-bond acceptors (Lipinski definition) is 4. The van der Waals surface area contributed by atoms with Crippen LogP contribution in [0.15, 0.2) is 59.9 Å². The van der Waals surface area contributed by atoms with E-state index in [1.165, 1.54) is 6.33 Å². The SMILES string of the molecule is O=C1c2ccccc2C2=Nc3ncnn3[C@@H](c3ccc(Cl)cc3)C12. The second kappa shape index (κ2) is 4.85. The molecule has 0 N–H and O–H groups in total. The number of rotatable bonds is 1. The van der Waals surface area contributed by atoms with Gasteiger partial charge in [-0.25, -0.2) is 9.67 Å². The fraction of sp³-hybridized carbons (Fsp3) is 0.111. The summed E-state index contributed by atoms with van der Waals surface area (Å²) < 4.78 is 1.72. The molecule has 6 heteroatoms. The summed E-state index contributed by atoms with van der Waals surface area (Å²) in [6.45, 7) is 0. The van der Waals surface area contributed by atoms with Crippen molar-refractivity contribution in [1.82, 2.24) is 14.8 Å². The molecule has 5 nitrogen and oxygen atoms in total. The standard InChI is InChI=1S/C18H11ClN4O/c19-11-7-5-10(6-8-11)16-14-15(22-18-20-9-21-23(16)18)12-3-1-2-4-13(12)17(14)24/h1-9,14,16H/t14?,16-/m0/s1. The van der Waals surface area contributed by atoms with Gasteiger partial charge in [0.15, 0.2) is 5.78 Å². The van der Waals surface area contributed by atoms with Gasteiger partial charge in [0.1, 0.15) is 6.33 Å². The molecule has 24 heavy (non-hydrogen) atoms. The second-order valence-electron chi connectivity index (χ2n) is 5.89. The van der Waals surface area contributed by atoms with E-state index in [4.69, 9.17) is 11.6 Å². The average molecular weight is 335 g/mol. The van der Waals surface area contributed by atoms with Gasteiger partial charge in [-0.1, -0.05) is 48.0 Å². The number of hydrogen-bond donors (Lipinski definition) is 0. The van der Waals surface area contributed by atoms with Crippen molar-refractivity contribution in [2.75, 3.05) is 0 Å². The Labute approximate surface area is 142 Å². The van der Waals surface area contributed by atoms with Gasteiger partial charge in [-0.3, -0.25) is 4.79 Å². The molecule has 5 rings (SSSR count). The summed E-state index contributed by atoms with van der Waals surface area (Å²) in [6, 6.07) is 14.8. The minimum Gasteiger partial charge on any atom is -0.293 e. The number of benzene rings is 2. The number of aromatic nitrogens is 3.